The number of hydrogen-bond donors (Lipinski definition) is 0. The lowest BCUT2D eigenvalue weighted by Crippen LogP contribution is -2.58. The van der Waals surface area contributed by atoms with Gasteiger partial charge >= 0.3 is 0 Å². The molecule has 0 unspecified atom stereocenters. The zero-order valence-electron chi connectivity index (χ0n) is 11.2. The maximum atomic E-state index is 5.20. The highest BCUT2D eigenvalue weighted by Gasteiger charge is 2.32. The Morgan fingerprint density at radius 1 is 1.12 bits per heavy atom. The number of methoxy groups -OCH3 is 1. The van der Waals surface area contributed by atoms with Gasteiger partial charge in [-0.2, -0.15) is 0 Å². The Hall–Kier alpha value is -1.22. The summed E-state index contributed by atoms with van der Waals surface area (Å²) in [5.41, 5.74) is 1.46. The Bertz CT molecular complexity index is 372. The molecule has 0 N–H and O–H groups in total. The van der Waals surface area contributed by atoms with Gasteiger partial charge in [-0.25, -0.2) is 0 Å². The number of likely N-dealkylation sites (N-methyl/N-ethyl adjacent to an activating group) is 1. The van der Waals surface area contributed by atoms with Crippen molar-refractivity contribution < 1.29 is 4.74 Å². The van der Waals surface area contributed by atoms with Gasteiger partial charge < -0.3 is 14.5 Å². The van der Waals surface area contributed by atoms with Gasteiger partial charge in [0.2, 0.25) is 0 Å². The normalized spacial score (nSPS) is 20.4. The number of nitrogens with zero attached hydrogens (tertiary/aromatic N) is 2. The van der Waals surface area contributed by atoms with Crippen molar-refractivity contribution in [1.29, 1.82) is 0 Å². The van der Waals surface area contributed by atoms with E-state index in [2.05, 4.69) is 42.8 Å². The third-order valence-corrected chi connectivity index (χ3v) is 3.48. The minimum absolute atomic E-state index is 0.182. The maximum absolute atomic E-state index is 5.20. The SMILES string of the molecule is COc1ccc(N2CCN(C)CC2(C)C)cc1. The van der Waals surface area contributed by atoms with Gasteiger partial charge in [-0.3, -0.25) is 0 Å². The van der Waals surface area contributed by atoms with Gasteiger partial charge in [0.25, 0.3) is 0 Å². The highest BCUT2D eigenvalue weighted by molar-refractivity contribution is 5.51. The second-order valence-electron chi connectivity index (χ2n) is 5.40. The highest BCUT2D eigenvalue weighted by atomic mass is 16.5. The second kappa shape index (κ2) is 4.57. The molecule has 0 amide bonds. The second-order valence-corrected chi connectivity index (χ2v) is 5.40. The van der Waals surface area contributed by atoms with Crippen molar-refractivity contribution in [3.05, 3.63) is 24.3 Å². The van der Waals surface area contributed by atoms with Crippen molar-refractivity contribution in [3.8, 4) is 5.75 Å². The molecule has 1 heterocycles. The Labute approximate surface area is 104 Å². The molecule has 1 saturated heterocycles. The van der Waals surface area contributed by atoms with E-state index in [-0.39, 0.29) is 5.54 Å². The molecule has 0 atom stereocenters. The quantitative estimate of drug-likeness (QED) is 0.780. The summed E-state index contributed by atoms with van der Waals surface area (Å²) in [6.07, 6.45) is 0. The predicted molar refractivity (Wildman–Crippen MR) is 71.9 cm³/mol. The van der Waals surface area contributed by atoms with Gasteiger partial charge in [0.05, 0.1) is 7.11 Å². The lowest BCUT2D eigenvalue weighted by atomic mass is 9.98. The Morgan fingerprint density at radius 3 is 2.29 bits per heavy atom. The smallest absolute Gasteiger partial charge is 0.119 e. The highest BCUT2D eigenvalue weighted by Crippen LogP contribution is 2.28. The summed E-state index contributed by atoms with van der Waals surface area (Å²) in [5, 5.41) is 0. The van der Waals surface area contributed by atoms with Gasteiger partial charge in [0.15, 0.2) is 0 Å². The maximum Gasteiger partial charge on any atom is 0.119 e. The molecule has 0 bridgehead atoms. The van der Waals surface area contributed by atoms with E-state index in [0.717, 1.165) is 25.4 Å². The molecule has 0 spiro atoms. The summed E-state index contributed by atoms with van der Waals surface area (Å²) < 4.78 is 5.20. The van der Waals surface area contributed by atoms with Crippen LogP contribution in [0.3, 0.4) is 0 Å². The van der Waals surface area contributed by atoms with Crippen LogP contribution in [0.1, 0.15) is 13.8 Å². The van der Waals surface area contributed by atoms with Crippen molar-refractivity contribution in [2.24, 2.45) is 0 Å². The lowest BCUT2D eigenvalue weighted by Gasteiger charge is -2.47. The first kappa shape index (κ1) is 12.2. The molecule has 0 saturated carbocycles. The fourth-order valence-corrected chi connectivity index (χ4v) is 2.64. The predicted octanol–water partition coefficient (Wildman–Crippen LogP) is 2.23. The van der Waals surface area contributed by atoms with E-state index in [4.69, 9.17) is 4.74 Å². The third-order valence-electron chi connectivity index (χ3n) is 3.48. The molecule has 3 heteroatoms. The summed E-state index contributed by atoms with van der Waals surface area (Å²) in [6.45, 7) is 7.89. The minimum atomic E-state index is 0.182. The molecule has 17 heavy (non-hydrogen) atoms. The zero-order valence-corrected chi connectivity index (χ0v) is 11.2. The van der Waals surface area contributed by atoms with Crippen LogP contribution in [0.15, 0.2) is 24.3 Å². The van der Waals surface area contributed by atoms with Crippen molar-refractivity contribution >= 4 is 5.69 Å². The first-order valence-electron chi connectivity index (χ1n) is 6.13. The molecule has 94 valence electrons. The van der Waals surface area contributed by atoms with Crippen LogP contribution in [0.4, 0.5) is 5.69 Å². The van der Waals surface area contributed by atoms with Crippen LogP contribution in [-0.2, 0) is 0 Å². The first-order valence-corrected chi connectivity index (χ1v) is 6.13. The molecule has 1 aromatic rings. The standard InChI is InChI=1S/C14H22N2O/c1-14(2)11-15(3)9-10-16(14)12-5-7-13(17-4)8-6-12/h5-8H,9-11H2,1-4H3. The molecule has 1 fully saturated rings. The van der Waals surface area contributed by atoms with Crippen LogP contribution < -0.4 is 9.64 Å². The molecule has 2 rings (SSSR count). The molecule has 0 radical (unpaired) electrons. The number of anilines is 1. The molecule has 0 aliphatic carbocycles. The average Bonchev–Trinajstić information content (AvgIpc) is 2.28. The van der Waals surface area contributed by atoms with Crippen LogP contribution in [-0.4, -0.2) is 44.2 Å². The van der Waals surface area contributed by atoms with Gasteiger partial charge in [-0.05, 0) is 45.2 Å². The van der Waals surface area contributed by atoms with E-state index in [0.29, 0.717) is 0 Å². The van der Waals surface area contributed by atoms with E-state index in [1.165, 1.54) is 5.69 Å². The number of ether oxygens (including phenoxy) is 1. The van der Waals surface area contributed by atoms with Crippen molar-refractivity contribution in [2.75, 3.05) is 38.7 Å². The third kappa shape index (κ3) is 2.55. The van der Waals surface area contributed by atoms with Crippen LogP contribution >= 0.6 is 0 Å². The fourth-order valence-electron chi connectivity index (χ4n) is 2.64. The summed E-state index contributed by atoms with van der Waals surface area (Å²) in [6, 6.07) is 8.35. The van der Waals surface area contributed by atoms with Gasteiger partial charge in [0, 0.05) is 30.9 Å². The first-order chi connectivity index (χ1) is 8.03. The van der Waals surface area contributed by atoms with E-state index in [9.17, 15) is 0 Å². The number of benzene rings is 1. The Morgan fingerprint density at radius 2 is 1.76 bits per heavy atom. The molecule has 3 nitrogen and oxygen atoms in total. The average molecular weight is 234 g/mol. The molecule has 1 aromatic carbocycles. The van der Waals surface area contributed by atoms with Crippen molar-refractivity contribution in [3.63, 3.8) is 0 Å². The van der Waals surface area contributed by atoms with Crippen molar-refractivity contribution in [1.82, 2.24) is 4.90 Å². The number of rotatable bonds is 2. The van der Waals surface area contributed by atoms with Crippen molar-refractivity contribution in [2.45, 2.75) is 19.4 Å². The molecular weight excluding hydrogens is 212 g/mol. The zero-order chi connectivity index (χ0) is 12.5. The minimum Gasteiger partial charge on any atom is -0.497 e. The van der Waals surface area contributed by atoms with Gasteiger partial charge in [-0.1, -0.05) is 0 Å². The van der Waals surface area contributed by atoms with E-state index in [1.54, 1.807) is 7.11 Å². The van der Waals surface area contributed by atoms with E-state index >= 15 is 0 Å². The summed E-state index contributed by atoms with van der Waals surface area (Å²) >= 11 is 0. The summed E-state index contributed by atoms with van der Waals surface area (Å²) in [4.78, 5) is 4.87. The molecule has 1 aliphatic heterocycles. The van der Waals surface area contributed by atoms with Crippen LogP contribution in [0.25, 0.3) is 0 Å². The molecule has 1 aliphatic rings. The number of hydrogen-bond acceptors (Lipinski definition) is 3. The summed E-state index contributed by atoms with van der Waals surface area (Å²) in [7, 11) is 3.89. The monoisotopic (exact) mass is 234 g/mol. The molecular formula is C14H22N2O. The van der Waals surface area contributed by atoms with E-state index in [1.807, 2.05) is 12.1 Å². The lowest BCUT2D eigenvalue weighted by molar-refractivity contribution is 0.218. The molecule has 0 aromatic heterocycles. The number of piperazine rings is 1. The largest absolute Gasteiger partial charge is 0.497 e. The van der Waals surface area contributed by atoms with Gasteiger partial charge in [-0.15, -0.1) is 0 Å². The van der Waals surface area contributed by atoms with Crippen LogP contribution in [0, 0.1) is 0 Å². The van der Waals surface area contributed by atoms with E-state index < -0.39 is 0 Å². The van der Waals surface area contributed by atoms with Gasteiger partial charge in [0.1, 0.15) is 5.75 Å². The topological polar surface area (TPSA) is 15.7 Å². The fraction of sp³-hybridized carbons (Fsp3) is 0.571. The Kier molecular flexibility index (Phi) is 3.29. The van der Waals surface area contributed by atoms with Crippen LogP contribution in [0.5, 0.6) is 5.75 Å². The summed E-state index contributed by atoms with van der Waals surface area (Å²) in [5.74, 6) is 0.917. The Balaban J connectivity index is 2.20. The van der Waals surface area contributed by atoms with Crippen LogP contribution in [0.2, 0.25) is 0 Å².